The molecular weight excluding hydrogens is 514 g/mol. The van der Waals surface area contributed by atoms with Gasteiger partial charge in [0.25, 0.3) is 5.56 Å². The molecule has 2 rings (SSSR count). The maximum absolute atomic E-state index is 12.7. The Labute approximate surface area is 194 Å². The number of esters is 1. The van der Waals surface area contributed by atoms with Crippen molar-refractivity contribution in [2.75, 3.05) is 13.7 Å². The molecule has 1 aromatic heterocycles. The van der Waals surface area contributed by atoms with Crippen LogP contribution in [0, 0.1) is 0 Å². The molecule has 2 aromatic rings. The molecule has 0 spiro atoms. The molecule has 0 N–H and O–H groups in total. The van der Waals surface area contributed by atoms with Crippen molar-refractivity contribution in [2.45, 2.75) is 45.6 Å². The van der Waals surface area contributed by atoms with Crippen LogP contribution >= 0.6 is 31.9 Å². The van der Waals surface area contributed by atoms with Crippen LogP contribution < -0.4 is 10.3 Å². The number of rotatable bonds is 11. The Bertz CT molecular complexity index is 937. The van der Waals surface area contributed by atoms with Crippen LogP contribution in [0.2, 0.25) is 0 Å². The number of benzene rings is 1. The standard InChI is InChI=1S/C23H27Br2NO4/c1-3-30-22(27)11-6-4-5-7-14-26-21(19(24)16-20(25)23(26)28)13-12-17-9-8-10-18(15-17)29-2/h8-10,12-13,15-16H,3-7,11,14H2,1-2H3. The quantitative estimate of drug-likeness (QED) is 0.256. The average molecular weight is 541 g/mol. The molecule has 0 aliphatic heterocycles. The number of hydrogen-bond acceptors (Lipinski definition) is 4. The molecule has 1 aromatic carbocycles. The lowest BCUT2D eigenvalue weighted by atomic mass is 10.1. The summed E-state index contributed by atoms with van der Waals surface area (Å²) in [6.45, 7) is 2.84. The fraction of sp³-hybridized carbons (Fsp3) is 0.391. The SMILES string of the molecule is CCOC(=O)CCCCCCn1c(C=Cc2cccc(OC)c2)c(Br)cc(Br)c1=O. The highest BCUT2D eigenvalue weighted by Crippen LogP contribution is 2.23. The van der Waals surface area contributed by atoms with Gasteiger partial charge in [0.2, 0.25) is 0 Å². The molecular formula is C23H27Br2NO4. The summed E-state index contributed by atoms with van der Waals surface area (Å²) in [5, 5.41) is 0. The molecule has 0 saturated heterocycles. The van der Waals surface area contributed by atoms with E-state index in [0.29, 0.717) is 24.0 Å². The molecule has 162 valence electrons. The van der Waals surface area contributed by atoms with Gasteiger partial charge in [-0.1, -0.05) is 31.1 Å². The number of pyridine rings is 1. The van der Waals surface area contributed by atoms with Crippen LogP contribution in [0.3, 0.4) is 0 Å². The van der Waals surface area contributed by atoms with Gasteiger partial charge >= 0.3 is 5.97 Å². The number of methoxy groups -OCH3 is 1. The number of ether oxygens (including phenoxy) is 2. The largest absolute Gasteiger partial charge is 0.497 e. The van der Waals surface area contributed by atoms with Gasteiger partial charge < -0.3 is 14.0 Å². The molecule has 5 nitrogen and oxygen atoms in total. The molecule has 0 aliphatic carbocycles. The lowest BCUT2D eigenvalue weighted by molar-refractivity contribution is -0.143. The predicted octanol–water partition coefficient (Wildman–Crippen LogP) is 6.07. The van der Waals surface area contributed by atoms with Gasteiger partial charge in [-0.25, -0.2) is 0 Å². The molecule has 0 fully saturated rings. The Balaban J connectivity index is 2.06. The number of unbranched alkanes of at least 4 members (excludes halogenated alkanes) is 3. The maximum atomic E-state index is 12.7. The molecule has 0 saturated carbocycles. The number of aromatic nitrogens is 1. The highest BCUT2D eigenvalue weighted by molar-refractivity contribution is 9.11. The topological polar surface area (TPSA) is 57.5 Å². The normalized spacial score (nSPS) is 11.1. The second kappa shape index (κ2) is 12.7. The Kier molecular flexibility index (Phi) is 10.4. The molecule has 30 heavy (non-hydrogen) atoms. The zero-order valence-electron chi connectivity index (χ0n) is 17.3. The molecule has 1 heterocycles. The van der Waals surface area contributed by atoms with E-state index >= 15 is 0 Å². The van der Waals surface area contributed by atoms with Crippen LogP contribution in [0.15, 0.2) is 44.1 Å². The summed E-state index contributed by atoms with van der Waals surface area (Å²) in [5.74, 6) is 0.641. The number of halogens is 2. The molecule has 0 bridgehead atoms. The van der Waals surface area contributed by atoms with Gasteiger partial charge in [0.15, 0.2) is 0 Å². The van der Waals surface area contributed by atoms with Crippen LogP contribution in [0.25, 0.3) is 12.2 Å². The fourth-order valence-electron chi connectivity index (χ4n) is 3.05. The van der Waals surface area contributed by atoms with Crippen LogP contribution in [-0.2, 0) is 16.1 Å². The van der Waals surface area contributed by atoms with Crippen molar-refractivity contribution < 1.29 is 14.3 Å². The average Bonchev–Trinajstić information content (AvgIpc) is 2.73. The first-order valence-electron chi connectivity index (χ1n) is 10.0. The van der Waals surface area contributed by atoms with Crippen molar-refractivity contribution in [3.05, 3.63) is 60.9 Å². The monoisotopic (exact) mass is 539 g/mol. The van der Waals surface area contributed by atoms with Gasteiger partial charge in [-0.3, -0.25) is 9.59 Å². The Morgan fingerprint density at radius 3 is 2.57 bits per heavy atom. The summed E-state index contributed by atoms with van der Waals surface area (Å²) in [4.78, 5) is 24.1. The van der Waals surface area contributed by atoms with E-state index in [-0.39, 0.29) is 11.5 Å². The summed E-state index contributed by atoms with van der Waals surface area (Å²) in [5.41, 5.74) is 1.75. The zero-order valence-corrected chi connectivity index (χ0v) is 20.5. The van der Waals surface area contributed by atoms with Gasteiger partial charge in [-0.05, 0) is 81.5 Å². The smallest absolute Gasteiger partial charge is 0.305 e. The first-order valence-corrected chi connectivity index (χ1v) is 11.6. The highest BCUT2D eigenvalue weighted by atomic mass is 79.9. The summed E-state index contributed by atoms with van der Waals surface area (Å²) in [6.07, 6.45) is 7.88. The van der Waals surface area contributed by atoms with Gasteiger partial charge in [0.05, 0.1) is 23.9 Å². The Morgan fingerprint density at radius 2 is 1.83 bits per heavy atom. The zero-order chi connectivity index (χ0) is 21.9. The van der Waals surface area contributed by atoms with Crippen LogP contribution in [0.1, 0.15) is 50.3 Å². The molecule has 0 radical (unpaired) electrons. The first-order chi connectivity index (χ1) is 14.5. The van der Waals surface area contributed by atoms with Gasteiger partial charge in [0.1, 0.15) is 5.75 Å². The maximum Gasteiger partial charge on any atom is 0.305 e. The van der Waals surface area contributed by atoms with Crippen molar-refractivity contribution in [3.8, 4) is 5.75 Å². The van der Waals surface area contributed by atoms with E-state index in [1.807, 2.05) is 43.3 Å². The summed E-state index contributed by atoms with van der Waals surface area (Å²) in [7, 11) is 1.64. The van der Waals surface area contributed by atoms with Crippen molar-refractivity contribution in [3.63, 3.8) is 0 Å². The third-order valence-corrected chi connectivity index (χ3v) is 5.79. The Morgan fingerprint density at radius 1 is 1.07 bits per heavy atom. The Hall–Kier alpha value is -1.86. The van der Waals surface area contributed by atoms with Crippen molar-refractivity contribution in [1.29, 1.82) is 0 Å². The molecule has 0 atom stereocenters. The van der Waals surface area contributed by atoms with Crippen molar-refractivity contribution in [1.82, 2.24) is 4.57 Å². The highest BCUT2D eigenvalue weighted by Gasteiger charge is 2.10. The van der Waals surface area contributed by atoms with Crippen LogP contribution in [-0.4, -0.2) is 24.3 Å². The third-order valence-electron chi connectivity index (χ3n) is 4.58. The van der Waals surface area contributed by atoms with Crippen molar-refractivity contribution in [2.24, 2.45) is 0 Å². The molecule has 0 aliphatic rings. The van der Waals surface area contributed by atoms with Crippen molar-refractivity contribution >= 4 is 50.0 Å². The molecule has 7 heteroatoms. The number of carbonyl (C=O) groups excluding carboxylic acids is 1. The van der Waals surface area contributed by atoms with E-state index in [2.05, 4.69) is 31.9 Å². The lowest BCUT2D eigenvalue weighted by Crippen LogP contribution is -2.23. The second-order valence-electron chi connectivity index (χ2n) is 6.76. The van der Waals surface area contributed by atoms with E-state index in [4.69, 9.17) is 9.47 Å². The third kappa shape index (κ3) is 7.43. The van der Waals surface area contributed by atoms with E-state index in [1.165, 1.54) is 0 Å². The van der Waals surface area contributed by atoms with Crippen LogP contribution in [0.4, 0.5) is 0 Å². The van der Waals surface area contributed by atoms with Gasteiger partial charge in [0, 0.05) is 17.4 Å². The van der Waals surface area contributed by atoms with E-state index in [1.54, 1.807) is 17.7 Å². The summed E-state index contributed by atoms with van der Waals surface area (Å²) in [6, 6.07) is 9.53. The minimum Gasteiger partial charge on any atom is -0.497 e. The number of carbonyl (C=O) groups is 1. The van der Waals surface area contributed by atoms with Gasteiger partial charge in [-0.2, -0.15) is 0 Å². The van der Waals surface area contributed by atoms with E-state index in [9.17, 15) is 9.59 Å². The van der Waals surface area contributed by atoms with E-state index in [0.717, 1.165) is 47.2 Å². The summed E-state index contributed by atoms with van der Waals surface area (Å²) >= 11 is 6.94. The van der Waals surface area contributed by atoms with Crippen LogP contribution in [0.5, 0.6) is 5.75 Å². The minimum absolute atomic E-state index is 0.0602. The lowest BCUT2D eigenvalue weighted by Gasteiger charge is -2.13. The predicted molar refractivity (Wildman–Crippen MR) is 128 cm³/mol. The number of nitrogens with zero attached hydrogens (tertiary/aromatic N) is 1. The summed E-state index contributed by atoms with van der Waals surface area (Å²) < 4.78 is 13.4. The first kappa shape index (κ1) is 24.4. The molecule has 0 amide bonds. The second-order valence-corrected chi connectivity index (χ2v) is 8.47. The fourth-order valence-corrected chi connectivity index (χ4v) is 4.38. The molecule has 0 unspecified atom stereocenters. The van der Waals surface area contributed by atoms with E-state index < -0.39 is 0 Å². The van der Waals surface area contributed by atoms with Gasteiger partial charge in [-0.15, -0.1) is 0 Å². The number of hydrogen-bond donors (Lipinski definition) is 0. The minimum atomic E-state index is -0.144.